The van der Waals surface area contributed by atoms with E-state index in [-0.39, 0.29) is 23.9 Å². The number of anilines is 1. The Morgan fingerprint density at radius 1 is 1.20 bits per heavy atom. The minimum Gasteiger partial charge on any atom is -0.464 e. The van der Waals surface area contributed by atoms with Gasteiger partial charge in [0.2, 0.25) is 0 Å². The number of rotatable bonds is 3. The lowest BCUT2D eigenvalue weighted by atomic mass is 10.3. The standard InChI is InChI=1S/C16H19N5O4/c1-23-16(22)12-3-4-15(19-18-12)20-7-13-14(8-20)25-10-11(9-24-13)21-6-2-5-17-21/h2-6,11,13-14H,7-10H2,1H3/t13-,14-/m0/s1. The van der Waals surface area contributed by atoms with Crippen LogP contribution in [0.15, 0.2) is 30.6 Å². The smallest absolute Gasteiger partial charge is 0.358 e. The topological polar surface area (TPSA) is 91.6 Å². The van der Waals surface area contributed by atoms with Crippen molar-refractivity contribution in [1.82, 2.24) is 20.0 Å². The normalized spacial score (nSPS) is 24.0. The SMILES string of the molecule is COC(=O)c1ccc(N2C[C@@H]3OCC(n4cccn4)CO[C@H]3C2)nn1. The Labute approximate surface area is 144 Å². The third-order valence-corrected chi connectivity index (χ3v) is 4.49. The van der Waals surface area contributed by atoms with Gasteiger partial charge in [0.25, 0.3) is 0 Å². The molecule has 2 aliphatic heterocycles. The fourth-order valence-electron chi connectivity index (χ4n) is 3.13. The second kappa shape index (κ2) is 6.77. The average molecular weight is 345 g/mol. The molecule has 25 heavy (non-hydrogen) atoms. The van der Waals surface area contributed by atoms with Crippen LogP contribution in [0, 0.1) is 0 Å². The van der Waals surface area contributed by atoms with Crippen LogP contribution in [0.5, 0.6) is 0 Å². The highest BCUT2D eigenvalue weighted by atomic mass is 16.6. The van der Waals surface area contributed by atoms with Gasteiger partial charge in [-0.2, -0.15) is 5.10 Å². The number of nitrogens with zero attached hydrogens (tertiary/aromatic N) is 5. The van der Waals surface area contributed by atoms with Gasteiger partial charge in [0.15, 0.2) is 11.5 Å². The van der Waals surface area contributed by atoms with Crippen LogP contribution in [-0.4, -0.2) is 71.6 Å². The van der Waals surface area contributed by atoms with Crippen LogP contribution >= 0.6 is 0 Å². The molecule has 0 radical (unpaired) electrons. The Morgan fingerprint density at radius 3 is 2.52 bits per heavy atom. The van der Waals surface area contributed by atoms with Crippen molar-refractivity contribution in [2.75, 3.05) is 38.3 Å². The molecule has 0 amide bonds. The van der Waals surface area contributed by atoms with Crippen LogP contribution in [0.25, 0.3) is 0 Å². The van der Waals surface area contributed by atoms with Crippen molar-refractivity contribution in [3.63, 3.8) is 0 Å². The highest BCUT2D eigenvalue weighted by molar-refractivity contribution is 5.86. The zero-order valence-corrected chi connectivity index (χ0v) is 13.8. The van der Waals surface area contributed by atoms with Crippen LogP contribution in [-0.2, 0) is 14.2 Å². The summed E-state index contributed by atoms with van der Waals surface area (Å²) in [4.78, 5) is 13.5. The van der Waals surface area contributed by atoms with E-state index in [1.54, 1.807) is 18.3 Å². The van der Waals surface area contributed by atoms with E-state index >= 15 is 0 Å². The second-order valence-electron chi connectivity index (χ2n) is 6.06. The van der Waals surface area contributed by atoms with Crippen LogP contribution < -0.4 is 4.90 Å². The number of carbonyl (C=O) groups excluding carboxylic acids is 1. The molecule has 9 nitrogen and oxygen atoms in total. The largest absolute Gasteiger partial charge is 0.464 e. The van der Waals surface area contributed by atoms with Gasteiger partial charge >= 0.3 is 5.97 Å². The maximum absolute atomic E-state index is 11.4. The van der Waals surface area contributed by atoms with E-state index in [0.717, 1.165) is 0 Å². The summed E-state index contributed by atoms with van der Waals surface area (Å²) < 4.78 is 18.6. The molecule has 9 heteroatoms. The molecule has 2 saturated heterocycles. The van der Waals surface area contributed by atoms with E-state index in [9.17, 15) is 4.79 Å². The van der Waals surface area contributed by atoms with E-state index in [1.807, 2.05) is 16.9 Å². The summed E-state index contributed by atoms with van der Waals surface area (Å²) in [6.45, 7) is 2.46. The zero-order chi connectivity index (χ0) is 17.2. The number of ether oxygens (including phenoxy) is 3. The first-order valence-electron chi connectivity index (χ1n) is 8.14. The number of fused-ring (bicyclic) bond motifs is 1. The van der Waals surface area contributed by atoms with Crippen LogP contribution in [0.4, 0.5) is 5.82 Å². The quantitative estimate of drug-likeness (QED) is 0.734. The molecule has 0 bridgehead atoms. The van der Waals surface area contributed by atoms with Crippen molar-refractivity contribution in [1.29, 1.82) is 0 Å². The monoisotopic (exact) mass is 345 g/mol. The number of carbonyl (C=O) groups is 1. The summed E-state index contributed by atoms with van der Waals surface area (Å²) in [6.07, 6.45) is 3.62. The van der Waals surface area contributed by atoms with Gasteiger partial charge in [0.05, 0.1) is 26.4 Å². The maximum Gasteiger partial charge on any atom is 0.358 e. The molecule has 2 aromatic heterocycles. The Morgan fingerprint density at radius 2 is 1.96 bits per heavy atom. The van der Waals surface area contributed by atoms with Crippen molar-refractivity contribution >= 4 is 11.8 Å². The molecular weight excluding hydrogens is 326 g/mol. The van der Waals surface area contributed by atoms with Gasteiger partial charge in [-0.05, 0) is 18.2 Å². The Bertz CT molecular complexity index is 705. The first-order valence-corrected chi connectivity index (χ1v) is 8.14. The summed E-state index contributed by atoms with van der Waals surface area (Å²) in [5.41, 5.74) is 0.189. The summed E-state index contributed by atoms with van der Waals surface area (Å²) in [5, 5.41) is 12.3. The van der Waals surface area contributed by atoms with Gasteiger partial charge in [-0.15, -0.1) is 10.2 Å². The van der Waals surface area contributed by atoms with E-state index in [0.29, 0.717) is 32.1 Å². The molecule has 2 aliphatic rings. The summed E-state index contributed by atoms with van der Waals surface area (Å²) >= 11 is 0. The Kier molecular flexibility index (Phi) is 4.33. The molecule has 0 saturated carbocycles. The summed E-state index contributed by atoms with van der Waals surface area (Å²) in [6, 6.07) is 5.35. The second-order valence-corrected chi connectivity index (χ2v) is 6.06. The molecule has 2 fully saturated rings. The molecule has 4 rings (SSSR count). The number of esters is 1. The van der Waals surface area contributed by atoms with Crippen LogP contribution in [0.1, 0.15) is 16.5 Å². The van der Waals surface area contributed by atoms with Crippen molar-refractivity contribution < 1.29 is 19.0 Å². The lowest BCUT2D eigenvalue weighted by Gasteiger charge is -2.19. The fourth-order valence-corrected chi connectivity index (χ4v) is 3.13. The lowest BCUT2D eigenvalue weighted by molar-refractivity contribution is -0.00461. The first kappa shape index (κ1) is 16.0. The first-order chi connectivity index (χ1) is 12.2. The number of hydrogen-bond acceptors (Lipinski definition) is 8. The predicted molar refractivity (Wildman–Crippen MR) is 86.3 cm³/mol. The highest BCUT2D eigenvalue weighted by Gasteiger charge is 2.38. The predicted octanol–water partition coefficient (Wildman–Crippen LogP) is 0.305. The Balaban J connectivity index is 1.40. The van der Waals surface area contributed by atoms with Gasteiger partial charge in [-0.3, -0.25) is 4.68 Å². The molecule has 132 valence electrons. The number of aromatic nitrogens is 4. The van der Waals surface area contributed by atoms with Crippen molar-refractivity contribution in [3.8, 4) is 0 Å². The zero-order valence-electron chi connectivity index (χ0n) is 13.8. The fraction of sp³-hybridized carbons (Fsp3) is 0.500. The van der Waals surface area contributed by atoms with Gasteiger partial charge < -0.3 is 19.1 Å². The molecule has 0 aliphatic carbocycles. The van der Waals surface area contributed by atoms with Gasteiger partial charge in [0, 0.05) is 25.5 Å². The summed E-state index contributed by atoms with van der Waals surface area (Å²) in [7, 11) is 1.32. The third kappa shape index (κ3) is 3.20. The van der Waals surface area contributed by atoms with Gasteiger partial charge in [-0.1, -0.05) is 0 Å². The lowest BCUT2D eigenvalue weighted by Crippen LogP contribution is -2.27. The molecule has 2 atom stereocenters. The molecular formula is C16H19N5O4. The van der Waals surface area contributed by atoms with Crippen LogP contribution in [0.2, 0.25) is 0 Å². The van der Waals surface area contributed by atoms with Crippen molar-refractivity contribution in [3.05, 3.63) is 36.3 Å². The third-order valence-electron chi connectivity index (χ3n) is 4.49. The van der Waals surface area contributed by atoms with E-state index in [1.165, 1.54) is 7.11 Å². The van der Waals surface area contributed by atoms with E-state index in [2.05, 4.69) is 24.9 Å². The molecule has 2 aromatic rings. The van der Waals surface area contributed by atoms with E-state index in [4.69, 9.17) is 9.47 Å². The highest BCUT2D eigenvalue weighted by Crippen LogP contribution is 2.26. The molecule has 0 aromatic carbocycles. The molecule has 0 spiro atoms. The van der Waals surface area contributed by atoms with Crippen molar-refractivity contribution in [2.45, 2.75) is 18.2 Å². The van der Waals surface area contributed by atoms with Crippen molar-refractivity contribution in [2.24, 2.45) is 0 Å². The maximum atomic E-state index is 11.4. The molecule has 4 heterocycles. The number of methoxy groups -OCH3 is 1. The minimum absolute atomic E-state index is 0.0253. The van der Waals surface area contributed by atoms with Gasteiger partial charge in [0.1, 0.15) is 12.2 Å². The van der Waals surface area contributed by atoms with E-state index < -0.39 is 5.97 Å². The number of hydrogen-bond donors (Lipinski definition) is 0. The van der Waals surface area contributed by atoms with Gasteiger partial charge in [-0.25, -0.2) is 4.79 Å². The van der Waals surface area contributed by atoms with Crippen LogP contribution in [0.3, 0.4) is 0 Å². The minimum atomic E-state index is -0.498. The summed E-state index contributed by atoms with van der Waals surface area (Å²) in [5.74, 6) is 0.193. The average Bonchev–Trinajstić information content (AvgIpc) is 3.28. The molecule has 0 N–H and O–H groups in total. The Hall–Kier alpha value is -2.52. The molecule has 0 unspecified atom stereocenters.